The Morgan fingerprint density at radius 2 is 2.06 bits per heavy atom. The minimum absolute atomic E-state index is 0.0402. The highest BCUT2D eigenvalue weighted by molar-refractivity contribution is 6.36. The number of hydrogen-bond donors (Lipinski definition) is 1. The minimum atomic E-state index is -0.481. The molecule has 0 spiro atoms. The first-order chi connectivity index (χ1) is 8.49. The molecule has 0 saturated carbocycles. The average molecular weight is 288 g/mol. The number of hydrogen-bond acceptors (Lipinski definition) is 2. The Labute approximate surface area is 115 Å². The molecule has 0 aliphatic rings. The Morgan fingerprint density at radius 3 is 2.67 bits per heavy atom. The van der Waals surface area contributed by atoms with E-state index >= 15 is 0 Å². The highest BCUT2D eigenvalue weighted by atomic mass is 35.5. The fourth-order valence-electron chi connectivity index (χ4n) is 1.73. The van der Waals surface area contributed by atoms with Crippen molar-refractivity contribution in [3.05, 3.63) is 45.8 Å². The van der Waals surface area contributed by atoms with Crippen LogP contribution < -0.4 is 5.32 Å². The fourth-order valence-corrected chi connectivity index (χ4v) is 2.42. The second-order valence-corrected chi connectivity index (χ2v) is 4.78. The van der Waals surface area contributed by atoms with Crippen LogP contribution in [0.5, 0.6) is 0 Å². The summed E-state index contributed by atoms with van der Waals surface area (Å²) in [6, 6.07) is 4.32. The lowest BCUT2D eigenvalue weighted by atomic mass is 10.1. The van der Waals surface area contributed by atoms with E-state index in [4.69, 9.17) is 23.2 Å². The maximum absolute atomic E-state index is 13.4. The van der Waals surface area contributed by atoms with Crippen molar-refractivity contribution in [2.24, 2.45) is 7.05 Å². The normalized spacial score (nSPS) is 12.5. The molecule has 18 heavy (non-hydrogen) atoms. The van der Waals surface area contributed by atoms with Gasteiger partial charge in [-0.05, 0) is 19.1 Å². The lowest BCUT2D eigenvalue weighted by Crippen LogP contribution is -2.09. The van der Waals surface area contributed by atoms with Gasteiger partial charge in [-0.1, -0.05) is 23.2 Å². The van der Waals surface area contributed by atoms with Crippen LogP contribution in [0.3, 0.4) is 0 Å². The molecule has 0 saturated heterocycles. The van der Waals surface area contributed by atoms with Gasteiger partial charge < -0.3 is 5.32 Å². The molecule has 1 aromatic heterocycles. The predicted molar refractivity (Wildman–Crippen MR) is 71.7 cm³/mol. The van der Waals surface area contributed by atoms with Crippen molar-refractivity contribution in [2.45, 2.75) is 13.0 Å². The van der Waals surface area contributed by atoms with E-state index < -0.39 is 5.82 Å². The Kier molecular flexibility index (Phi) is 3.78. The third kappa shape index (κ3) is 2.60. The first kappa shape index (κ1) is 13.2. The average Bonchev–Trinajstić information content (AvgIpc) is 2.70. The third-order valence-corrected chi connectivity index (χ3v) is 3.30. The molecule has 1 aromatic carbocycles. The van der Waals surface area contributed by atoms with Gasteiger partial charge in [-0.2, -0.15) is 5.10 Å². The van der Waals surface area contributed by atoms with E-state index in [-0.39, 0.29) is 11.1 Å². The lowest BCUT2D eigenvalue weighted by molar-refractivity contribution is 0.624. The van der Waals surface area contributed by atoms with Crippen molar-refractivity contribution < 1.29 is 4.39 Å². The van der Waals surface area contributed by atoms with E-state index in [0.29, 0.717) is 16.4 Å². The molecule has 1 unspecified atom stereocenters. The summed E-state index contributed by atoms with van der Waals surface area (Å²) in [5.41, 5.74) is 0.531. The first-order valence-electron chi connectivity index (χ1n) is 5.38. The molecule has 1 N–H and O–H groups in total. The molecule has 0 aliphatic carbocycles. The van der Waals surface area contributed by atoms with Gasteiger partial charge in [0.2, 0.25) is 0 Å². The van der Waals surface area contributed by atoms with Gasteiger partial charge in [0.05, 0.1) is 11.1 Å². The number of aromatic nitrogens is 2. The smallest absolute Gasteiger partial charge is 0.148 e. The van der Waals surface area contributed by atoms with Gasteiger partial charge in [0.15, 0.2) is 0 Å². The zero-order valence-corrected chi connectivity index (χ0v) is 11.4. The van der Waals surface area contributed by atoms with Crippen molar-refractivity contribution in [3.8, 4) is 0 Å². The summed E-state index contributed by atoms with van der Waals surface area (Å²) >= 11 is 12.0. The summed E-state index contributed by atoms with van der Waals surface area (Å²) in [4.78, 5) is 0. The molecule has 1 atom stereocenters. The molecule has 0 radical (unpaired) electrons. The molecule has 2 rings (SSSR count). The summed E-state index contributed by atoms with van der Waals surface area (Å²) in [5, 5.41) is 7.77. The highest BCUT2D eigenvalue weighted by Crippen LogP contribution is 2.33. The van der Waals surface area contributed by atoms with Gasteiger partial charge >= 0.3 is 0 Å². The lowest BCUT2D eigenvalue weighted by Gasteiger charge is -2.17. The summed E-state index contributed by atoms with van der Waals surface area (Å²) in [6.45, 7) is 1.85. The number of nitrogens with zero attached hydrogens (tertiary/aromatic N) is 2. The molecule has 0 amide bonds. The van der Waals surface area contributed by atoms with Crippen LogP contribution >= 0.6 is 23.2 Å². The molecule has 0 fully saturated rings. The Morgan fingerprint density at radius 1 is 1.33 bits per heavy atom. The Balaban J connectivity index is 2.28. The van der Waals surface area contributed by atoms with Crippen LogP contribution in [0.2, 0.25) is 10.0 Å². The molecule has 3 nitrogen and oxygen atoms in total. The van der Waals surface area contributed by atoms with E-state index in [1.807, 2.05) is 26.2 Å². The van der Waals surface area contributed by atoms with Gasteiger partial charge in [0.1, 0.15) is 11.6 Å². The van der Waals surface area contributed by atoms with Crippen LogP contribution in [0.4, 0.5) is 10.2 Å². The molecular formula is C12H12Cl2FN3. The van der Waals surface area contributed by atoms with Gasteiger partial charge in [-0.3, -0.25) is 4.68 Å². The standard InChI is InChI=1S/C12H12Cl2FN3/c1-7(16-10-5-6-18(2)17-10)11-8(13)3-4-9(15)12(11)14/h3-7H,1-2H3,(H,16,17). The van der Waals surface area contributed by atoms with Crippen molar-refractivity contribution in [1.29, 1.82) is 0 Å². The van der Waals surface area contributed by atoms with E-state index in [1.165, 1.54) is 12.1 Å². The third-order valence-electron chi connectivity index (χ3n) is 2.59. The summed E-state index contributed by atoms with van der Waals surface area (Å²) < 4.78 is 15.1. The zero-order chi connectivity index (χ0) is 13.3. The summed E-state index contributed by atoms with van der Waals surface area (Å²) in [7, 11) is 1.82. The number of aryl methyl sites for hydroxylation is 1. The van der Waals surface area contributed by atoms with E-state index in [9.17, 15) is 4.39 Å². The molecule has 0 bridgehead atoms. The van der Waals surface area contributed by atoms with Crippen LogP contribution in [-0.2, 0) is 7.05 Å². The van der Waals surface area contributed by atoms with Gasteiger partial charge in [0, 0.05) is 29.9 Å². The number of anilines is 1. The molecule has 6 heteroatoms. The summed E-state index contributed by atoms with van der Waals surface area (Å²) in [6.07, 6.45) is 1.81. The van der Waals surface area contributed by atoms with E-state index in [1.54, 1.807) is 4.68 Å². The second kappa shape index (κ2) is 5.16. The molecule has 0 aliphatic heterocycles. The second-order valence-electron chi connectivity index (χ2n) is 4.00. The van der Waals surface area contributed by atoms with Crippen molar-refractivity contribution >= 4 is 29.0 Å². The predicted octanol–water partition coefficient (Wildman–Crippen LogP) is 4.04. The van der Waals surface area contributed by atoms with E-state index in [2.05, 4.69) is 10.4 Å². The largest absolute Gasteiger partial charge is 0.362 e. The maximum atomic E-state index is 13.4. The fraction of sp³-hybridized carbons (Fsp3) is 0.250. The number of benzene rings is 1. The molecular weight excluding hydrogens is 276 g/mol. The van der Waals surface area contributed by atoms with Crippen LogP contribution in [0, 0.1) is 5.82 Å². The summed E-state index contributed by atoms with van der Waals surface area (Å²) in [5.74, 6) is 0.201. The van der Waals surface area contributed by atoms with Crippen molar-refractivity contribution in [2.75, 3.05) is 5.32 Å². The van der Waals surface area contributed by atoms with Crippen molar-refractivity contribution in [1.82, 2.24) is 9.78 Å². The highest BCUT2D eigenvalue weighted by Gasteiger charge is 2.17. The van der Waals surface area contributed by atoms with Crippen LogP contribution in [-0.4, -0.2) is 9.78 Å². The molecule has 1 heterocycles. The first-order valence-corrected chi connectivity index (χ1v) is 6.14. The number of nitrogens with one attached hydrogen (secondary N) is 1. The van der Waals surface area contributed by atoms with Gasteiger partial charge in [-0.15, -0.1) is 0 Å². The zero-order valence-electron chi connectivity index (χ0n) is 9.92. The Bertz CT molecular complexity index is 568. The van der Waals surface area contributed by atoms with Crippen molar-refractivity contribution in [3.63, 3.8) is 0 Å². The number of halogens is 3. The van der Waals surface area contributed by atoms with Crippen LogP contribution in [0.1, 0.15) is 18.5 Å². The Hall–Kier alpha value is -1.26. The van der Waals surface area contributed by atoms with E-state index in [0.717, 1.165) is 0 Å². The monoisotopic (exact) mass is 287 g/mol. The quantitative estimate of drug-likeness (QED) is 0.864. The van der Waals surface area contributed by atoms with Crippen LogP contribution in [0.15, 0.2) is 24.4 Å². The SMILES string of the molecule is CC(Nc1ccn(C)n1)c1c(Cl)ccc(F)c1Cl. The number of rotatable bonds is 3. The van der Waals surface area contributed by atoms with Crippen LogP contribution in [0.25, 0.3) is 0 Å². The molecule has 2 aromatic rings. The van der Waals surface area contributed by atoms with Gasteiger partial charge in [-0.25, -0.2) is 4.39 Å². The topological polar surface area (TPSA) is 29.9 Å². The maximum Gasteiger partial charge on any atom is 0.148 e. The minimum Gasteiger partial charge on any atom is -0.362 e. The van der Waals surface area contributed by atoms with Gasteiger partial charge in [0.25, 0.3) is 0 Å². The molecule has 96 valence electrons.